The lowest BCUT2D eigenvalue weighted by Gasteiger charge is -2.23. The van der Waals surface area contributed by atoms with E-state index < -0.39 is 0 Å². The Bertz CT molecular complexity index is 467. The van der Waals surface area contributed by atoms with Crippen molar-refractivity contribution in [3.63, 3.8) is 0 Å². The van der Waals surface area contributed by atoms with Crippen molar-refractivity contribution in [2.45, 2.75) is 46.5 Å². The van der Waals surface area contributed by atoms with Crippen molar-refractivity contribution in [2.75, 3.05) is 25.0 Å². The monoisotopic (exact) mass is 289 g/mol. The number of hydrogen-bond acceptors (Lipinski definition) is 3. The summed E-state index contributed by atoms with van der Waals surface area (Å²) < 4.78 is 0. The number of pyridine rings is 1. The Balaban J connectivity index is 1.99. The molecule has 0 bridgehead atoms. The zero-order chi connectivity index (χ0) is 15.3. The van der Waals surface area contributed by atoms with Crippen LogP contribution in [0.1, 0.15) is 56.9 Å². The second-order valence-corrected chi connectivity index (χ2v) is 6.67. The lowest BCUT2D eigenvalue weighted by atomic mass is 9.85. The first-order chi connectivity index (χ1) is 10.0. The van der Waals surface area contributed by atoms with Crippen LogP contribution in [0.2, 0.25) is 0 Å². The van der Waals surface area contributed by atoms with Gasteiger partial charge in [0.1, 0.15) is 5.69 Å². The third-order valence-corrected chi connectivity index (χ3v) is 4.19. The SMILES string of the molecule is CCCNc1ccc(C(=O)N2CCCC(C)(C)CC2)nc1. The van der Waals surface area contributed by atoms with Gasteiger partial charge in [-0.1, -0.05) is 20.8 Å². The standard InChI is InChI=1S/C17H27N3O/c1-4-10-18-14-6-7-15(19-13-14)16(21)20-11-5-8-17(2,3)9-12-20/h6-7,13,18H,4-5,8-12H2,1-3H3. The summed E-state index contributed by atoms with van der Waals surface area (Å²) in [5, 5.41) is 3.27. The van der Waals surface area contributed by atoms with Crippen LogP contribution in [-0.4, -0.2) is 35.4 Å². The Morgan fingerprint density at radius 3 is 2.81 bits per heavy atom. The average molecular weight is 289 g/mol. The Hall–Kier alpha value is -1.58. The highest BCUT2D eigenvalue weighted by Crippen LogP contribution is 2.30. The van der Waals surface area contributed by atoms with Crippen LogP contribution in [-0.2, 0) is 0 Å². The summed E-state index contributed by atoms with van der Waals surface area (Å²) in [4.78, 5) is 18.8. The van der Waals surface area contributed by atoms with E-state index in [1.807, 2.05) is 17.0 Å². The van der Waals surface area contributed by atoms with Crippen molar-refractivity contribution in [3.8, 4) is 0 Å². The Morgan fingerprint density at radius 1 is 1.33 bits per heavy atom. The van der Waals surface area contributed by atoms with Crippen molar-refractivity contribution in [2.24, 2.45) is 5.41 Å². The molecule has 21 heavy (non-hydrogen) atoms. The maximum absolute atomic E-state index is 12.5. The van der Waals surface area contributed by atoms with Crippen molar-refractivity contribution in [1.82, 2.24) is 9.88 Å². The van der Waals surface area contributed by atoms with Gasteiger partial charge in [0.15, 0.2) is 0 Å². The van der Waals surface area contributed by atoms with Crippen LogP contribution in [0.15, 0.2) is 18.3 Å². The number of aromatic nitrogens is 1. The molecule has 1 fully saturated rings. The van der Waals surface area contributed by atoms with E-state index in [1.54, 1.807) is 6.20 Å². The molecule has 0 spiro atoms. The van der Waals surface area contributed by atoms with Crippen LogP contribution in [0, 0.1) is 5.41 Å². The van der Waals surface area contributed by atoms with Crippen molar-refractivity contribution in [3.05, 3.63) is 24.0 Å². The average Bonchev–Trinajstić information content (AvgIpc) is 2.66. The van der Waals surface area contributed by atoms with Gasteiger partial charge in [-0.3, -0.25) is 4.79 Å². The molecule has 1 aliphatic rings. The molecule has 0 aliphatic carbocycles. The van der Waals surface area contributed by atoms with Crippen LogP contribution in [0.3, 0.4) is 0 Å². The largest absolute Gasteiger partial charge is 0.384 e. The first-order valence-corrected chi connectivity index (χ1v) is 8.01. The predicted molar refractivity (Wildman–Crippen MR) is 86.6 cm³/mol. The fraction of sp³-hybridized carbons (Fsp3) is 0.647. The third-order valence-electron chi connectivity index (χ3n) is 4.19. The smallest absolute Gasteiger partial charge is 0.272 e. The summed E-state index contributed by atoms with van der Waals surface area (Å²) in [5.41, 5.74) is 1.87. The van der Waals surface area contributed by atoms with Crippen LogP contribution in [0.4, 0.5) is 5.69 Å². The fourth-order valence-corrected chi connectivity index (χ4v) is 2.68. The van der Waals surface area contributed by atoms with E-state index >= 15 is 0 Å². The molecule has 1 N–H and O–H groups in total. The van der Waals surface area contributed by atoms with Gasteiger partial charge in [0, 0.05) is 19.6 Å². The van der Waals surface area contributed by atoms with Gasteiger partial charge in [-0.15, -0.1) is 0 Å². The van der Waals surface area contributed by atoms with E-state index in [9.17, 15) is 4.79 Å². The molecule has 2 heterocycles. The Labute approximate surface area is 127 Å². The summed E-state index contributed by atoms with van der Waals surface area (Å²) in [6.45, 7) is 9.30. The predicted octanol–water partition coefficient (Wildman–Crippen LogP) is 3.56. The minimum Gasteiger partial charge on any atom is -0.384 e. The number of carbonyl (C=O) groups excluding carboxylic acids is 1. The quantitative estimate of drug-likeness (QED) is 0.922. The molecule has 1 amide bonds. The van der Waals surface area contributed by atoms with E-state index in [0.29, 0.717) is 11.1 Å². The lowest BCUT2D eigenvalue weighted by Crippen LogP contribution is -2.33. The minimum absolute atomic E-state index is 0.0646. The topological polar surface area (TPSA) is 45.2 Å². The van der Waals surface area contributed by atoms with Crippen LogP contribution >= 0.6 is 0 Å². The van der Waals surface area contributed by atoms with Gasteiger partial charge in [-0.2, -0.15) is 0 Å². The molecule has 1 saturated heterocycles. The Morgan fingerprint density at radius 2 is 2.14 bits per heavy atom. The number of nitrogens with one attached hydrogen (secondary N) is 1. The Kier molecular flexibility index (Phi) is 5.21. The van der Waals surface area contributed by atoms with Crippen molar-refractivity contribution >= 4 is 11.6 Å². The number of nitrogens with zero attached hydrogens (tertiary/aromatic N) is 2. The number of rotatable bonds is 4. The van der Waals surface area contributed by atoms with Crippen LogP contribution < -0.4 is 5.32 Å². The summed E-state index contributed by atoms with van der Waals surface area (Å²) in [7, 11) is 0. The van der Waals surface area contributed by atoms with E-state index in [0.717, 1.165) is 44.6 Å². The number of carbonyl (C=O) groups is 1. The molecule has 2 rings (SSSR count). The van der Waals surface area contributed by atoms with Crippen LogP contribution in [0.5, 0.6) is 0 Å². The lowest BCUT2D eigenvalue weighted by molar-refractivity contribution is 0.0751. The van der Waals surface area contributed by atoms with Gasteiger partial charge in [0.2, 0.25) is 0 Å². The van der Waals surface area contributed by atoms with Crippen molar-refractivity contribution in [1.29, 1.82) is 0 Å². The number of anilines is 1. The normalized spacial score (nSPS) is 18.1. The highest BCUT2D eigenvalue weighted by atomic mass is 16.2. The molecule has 0 aromatic carbocycles. The maximum atomic E-state index is 12.5. The first-order valence-electron chi connectivity index (χ1n) is 8.01. The molecule has 0 unspecified atom stereocenters. The minimum atomic E-state index is 0.0646. The van der Waals surface area contributed by atoms with E-state index in [4.69, 9.17) is 0 Å². The molecule has 4 heteroatoms. The molecule has 1 aromatic heterocycles. The second-order valence-electron chi connectivity index (χ2n) is 6.67. The molecule has 0 atom stereocenters. The van der Waals surface area contributed by atoms with Crippen LogP contribution in [0.25, 0.3) is 0 Å². The first kappa shape index (κ1) is 15.8. The summed E-state index contributed by atoms with van der Waals surface area (Å²) in [6, 6.07) is 3.77. The summed E-state index contributed by atoms with van der Waals surface area (Å²) in [5.74, 6) is 0.0646. The zero-order valence-electron chi connectivity index (χ0n) is 13.5. The van der Waals surface area contributed by atoms with E-state index in [2.05, 4.69) is 31.1 Å². The molecule has 0 radical (unpaired) electrons. The maximum Gasteiger partial charge on any atom is 0.272 e. The molecule has 1 aromatic rings. The highest BCUT2D eigenvalue weighted by Gasteiger charge is 2.26. The van der Waals surface area contributed by atoms with Gasteiger partial charge >= 0.3 is 0 Å². The molecular formula is C17H27N3O. The zero-order valence-corrected chi connectivity index (χ0v) is 13.5. The molecule has 1 aliphatic heterocycles. The summed E-state index contributed by atoms with van der Waals surface area (Å²) >= 11 is 0. The number of likely N-dealkylation sites (tertiary alicyclic amines) is 1. The van der Waals surface area contributed by atoms with E-state index in [1.165, 1.54) is 6.42 Å². The third kappa shape index (κ3) is 4.45. The van der Waals surface area contributed by atoms with Gasteiger partial charge < -0.3 is 10.2 Å². The molecule has 116 valence electrons. The summed E-state index contributed by atoms with van der Waals surface area (Å²) in [6.07, 6.45) is 6.16. The van der Waals surface area contributed by atoms with Gasteiger partial charge in [-0.25, -0.2) is 4.98 Å². The fourth-order valence-electron chi connectivity index (χ4n) is 2.68. The van der Waals surface area contributed by atoms with Gasteiger partial charge in [-0.05, 0) is 43.2 Å². The van der Waals surface area contributed by atoms with Gasteiger partial charge in [0.05, 0.1) is 11.9 Å². The number of amides is 1. The van der Waals surface area contributed by atoms with E-state index in [-0.39, 0.29) is 5.91 Å². The van der Waals surface area contributed by atoms with Gasteiger partial charge in [0.25, 0.3) is 5.91 Å². The highest BCUT2D eigenvalue weighted by molar-refractivity contribution is 5.92. The molecular weight excluding hydrogens is 262 g/mol. The van der Waals surface area contributed by atoms with Crippen molar-refractivity contribution < 1.29 is 4.79 Å². The molecule has 0 saturated carbocycles. The molecule has 4 nitrogen and oxygen atoms in total. The number of hydrogen-bond donors (Lipinski definition) is 1. The second kappa shape index (κ2) is 6.92.